The topological polar surface area (TPSA) is 109 Å². The SMILES string of the molecule is O=C(c1ccccc1Cl)c1c[nH]c2ncnc(NC3CCC(NC(=O)[C@@H]4CCCO4)CC3)c12. The molecular formula is C24H26ClN5O3. The number of benzene rings is 1. The van der Waals surface area contributed by atoms with Crippen LogP contribution in [0.1, 0.15) is 54.4 Å². The van der Waals surface area contributed by atoms with Crippen LogP contribution in [0.5, 0.6) is 0 Å². The van der Waals surface area contributed by atoms with E-state index < -0.39 is 0 Å². The molecule has 1 saturated heterocycles. The summed E-state index contributed by atoms with van der Waals surface area (Å²) in [6, 6.07) is 7.36. The molecule has 1 atom stereocenters. The zero-order valence-electron chi connectivity index (χ0n) is 18.1. The van der Waals surface area contributed by atoms with Crippen LogP contribution < -0.4 is 10.6 Å². The molecule has 8 nitrogen and oxygen atoms in total. The largest absolute Gasteiger partial charge is 0.368 e. The van der Waals surface area contributed by atoms with E-state index in [1.54, 1.807) is 30.5 Å². The lowest BCUT2D eigenvalue weighted by Gasteiger charge is -2.30. The van der Waals surface area contributed by atoms with Crippen molar-refractivity contribution in [1.29, 1.82) is 0 Å². The second-order valence-electron chi connectivity index (χ2n) is 8.66. The van der Waals surface area contributed by atoms with Gasteiger partial charge in [-0.05, 0) is 50.7 Å². The van der Waals surface area contributed by atoms with Crippen molar-refractivity contribution in [3.63, 3.8) is 0 Å². The molecule has 3 heterocycles. The van der Waals surface area contributed by atoms with Crippen LogP contribution in [0.4, 0.5) is 5.82 Å². The second kappa shape index (κ2) is 9.49. The minimum atomic E-state index is -0.294. The number of hydrogen-bond donors (Lipinski definition) is 3. The van der Waals surface area contributed by atoms with E-state index in [-0.39, 0.29) is 29.9 Å². The third kappa shape index (κ3) is 4.58. The Bertz CT molecular complexity index is 1170. The number of rotatable bonds is 6. The number of anilines is 1. The molecule has 2 fully saturated rings. The molecule has 9 heteroatoms. The van der Waals surface area contributed by atoms with Gasteiger partial charge in [0.1, 0.15) is 23.9 Å². The first-order valence-electron chi connectivity index (χ1n) is 11.4. The van der Waals surface area contributed by atoms with Gasteiger partial charge in [0.2, 0.25) is 5.91 Å². The first-order chi connectivity index (χ1) is 16.1. The molecule has 0 bridgehead atoms. The lowest BCUT2D eigenvalue weighted by Crippen LogP contribution is -2.44. The lowest BCUT2D eigenvalue weighted by atomic mass is 9.91. The van der Waals surface area contributed by atoms with Crippen LogP contribution in [0.25, 0.3) is 11.0 Å². The van der Waals surface area contributed by atoms with Crippen molar-refractivity contribution in [2.75, 3.05) is 11.9 Å². The number of nitrogens with one attached hydrogen (secondary N) is 3. The maximum absolute atomic E-state index is 13.2. The maximum atomic E-state index is 13.2. The Balaban J connectivity index is 1.28. The second-order valence-corrected chi connectivity index (χ2v) is 9.07. The summed E-state index contributed by atoms with van der Waals surface area (Å²) in [5, 5.41) is 7.72. The Morgan fingerprint density at radius 3 is 2.58 bits per heavy atom. The van der Waals surface area contributed by atoms with Gasteiger partial charge in [0.05, 0.1) is 16.0 Å². The molecule has 3 N–H and O–H groups in total. The molecule has 1 aliphatic heterocycles. The van der Waals surface area contributed by atoms with Crippen LogP contribution in [0.15, 0.2) is 36.8 Å². The van der Waals surface area contributed by atoms with Crippen LogP contribution in [0.2, 0.25) is 5.02 Å². The molecular weight excluding hydrogens is 442 g/mol. The molecule has 1 aliphatic carbocycles. The van der Waals surface area contributed by atoms with E-state index in [1.165, 1.54) is 6.33 Å². The fraction of sp³-hybridized carbons (Fsp3) is 0.417. The number of ether oxygens (including phenoxy) is 1. The number of ketones is 1. The third-order valence-corrected chi connectivity index (χ3v) is 6.80. The summed E-state index contributed by atoms with van der Waals surface area (Å²) < 4.78 is 5.48. The number of amides is 1. The Kier molecular flexibility index (Phi) is 6.28. The highest BCUT2D eigenvalue weighted by atomic mass is 35.5. The molecule has 5 rings (SSSR count). The van der Waals surface area contributed by atoms with Gasteiger partial charge in [0, 0.05) is 30.5 Å². The zero-order valence-corrected chi connectivity index (χ0v) is 18.9. The van der Waals surface area contributed by atoms with Gasteiger partial charge in [-0.3, -0.25) is 9.59 Å². The quantitative estimate of drug-likeness (QED) is 0.475. The number of carbonyl (C=O) groups is 2. The van der Waals surface area contributed by atoms with Crippen molar-refractivity contribution in [3.8, 4) is 0 Å². The van der Waals surface area contributed by atoms with Gasteiger partial charge >= 0.3 is 0 Å². The summed E-state index contributed by atoms with van der Waals surface area (Å²) >= 11 is 6.26. The molecule has 2 aliphatic rings. The molecule has 1 amide bonds. The van der Waals surface area contributed by atoms with Gasteiger partial charge in [-0.15, -0.1) is 0 Å². The van der Waals surface area contributed by atoms with E-state index in [0.717, 1.165) is 38.5 Å². The molecule has 1 saturated carbocycles. The highest BCUT2D eigenvalue weighted by Gasteiger charge is 2.29. The van der Waals surface area contributed by atoms with Crippen molar-refractivity contribution in [2.24, 2.45) is 0 Å². The molecule has 33 heavy (non-hydrogen) atoms. The van der Waals surface area contributed by atoms with E-state index in [2.05, 4.69) is 25.6 Å². The number of hydrogen-bond acceptors (Lipinski definition) is 6. The smallest absolute Gasteiger partial charge is 0.249 e. The minimum Gasteiger partial charge on any atom is -0.368 e. The van der Waals surface area contributed by atoms with E-state index in [0.29, 0.717) is 39.6 Å². The number of aromatic nitrogens is 3. The zero-order chi connectivity index (χ0) is 22.8. The van der Waals surface area contributed by atoms with Gasteiger partial charge in [-0.25, -0.2) is 9.97 Å². The van der Waals surface area contributed by atoms with Gasteiger partial charge in [0.15, 0.2) is 5.78 Å². The first kappa shape index (κ1) is 21.9. The monoisotopic (exact) mass is 467 g/mol. The number of carbonyl (C=O) groups excluding carboxylic acids is 2. The molecule has 1 aromatic carbocycles. The van der Waals surface area contributed by atoms with E-state index in [1.807, 2.05) is 0 Å². The predicted octanol–water partition coefficient (Wildman–Crippen LogP) is 3.86. The van der Waals surface area contributed by atoms with E-state index in [9.17, 15) is 9.59 Å². The van der Waals surface area contributed by atoms with Crippen LogP contribution in [0.3, 0.4) is 0 Å². The highest BCUT2D eigenvalue weighted by Crippen LogP contribution is 2.30. The number of fused-ring (bicyclic) bond motifs is 1. The summed E-state index contributed by atoms with van der Waals surface area (Å²) in [6.07, 6.45) is 8.14. The third-order valence-electron chi connectivity index (χ3n) is 6.47. The molecule has 3 aromatic rings. The molecule has 0 radical (unpaired) electrons. The van der Waals surface area contributed by atoms with Gasteiger partial charge < -0.3 is 20.4 Å². The Labute approximate surface area is 196 Å². The average molecular weight is 468 g/mol. The first-order valence-corrected chi connectivity index (χ1v) is 11.8. The fourth-order valence-electron chi connectivity index (χ4n) is 4.70. The summed E-state index contributed by atoms with van der Waals surface area (Å²) in [5.74, 6) is 0.463. The summed E-state index contributed by atoms with van der Waals surface area (Å²) in [7, 11) is 0. The van der Waals surface area contributed by atoms with Gasteiger partial charge in [0.25, 0.3) is 0 Å². The molecule has 0 unspecified atom stereocenters. The molecule has 2 aromatic heterocycles. The van der Waals surface area contributed by atoms with Crippen molar-refractivity contribution in [3.05, 3.63) is 52.9 Å². The van der Waals surface area contributed by atoms with Crippen molar-refractivity contribution in [2.45, 2.75) is 56.7 Å². The summed E-state index contributed by atoms with van der Waals surface area (Å²) in [5.41, 5.74) is 1.52. The number of H-pyrrole nitrogens is 1. The summed E-state index contributed by atoms with van der Waals surface area (Å²) in [4.78, 5) is 37.3. The van der Waals surface area contributed by atoms with Crippen LogP contribution in [-0.2, 0) is 9.53 Å². The van der Waals surface area contributed by atoms with Crippen LogP contribution >= 0.6 is 11.6 Å². The Morgan fingerprint density at radius 1 is 1.03 bits per heavy atom. The molecule has 0 spiro atoms. The van der Waals surface area contributed by atoms with Crippen LogP contribution in [0, 0.1) is 0 Å². The van der Waals surface area contributed by atoms with Crippen molar-refractivity contribution in [1.82, 2.24) is 20.3 Å². The Morgan fingerprint density at radius 2 is 1.82 bits per heavy atom. The van der Waals surface area contributed by atoms with Crippen molar-refractivity contribution < 1.29 is 14.3 Å². The summed E-state index contributed by atoms with van der Waals surface area (Å²) in [6.45, 7) is 0.669. The average Bonchev–Trinajstić information content (AvgIpc) is 3.51. The number of halogens is 1. The lowest BCUT2D eigenvalue weighted by molar-refractivity contribution is -0.131. The fourth-order valence-corrected chi connectivity index (χ4v) is 4.92. The standard InChI is InChI=1S/C24H26ClN5O3/c25-18-5-2-1-4-16(18)21(31)17-12-26-22-20(17)23(28-13-27-22)29-14-7-9-15(10-8-14)30-24(32)19-6-3-11-33-19/h1-2,4-5,12-15,19H,3,6-11H2,(H,30,32)(H2,26,27,28,29)/t14?,15?,19-/m0/s1. The predicted molar refractivity (Wildman–Crippen MR) is 126 cm³/mol. The van der Waals surface area contributed by atoms with E-state index >= 15 is 0 Å². The minimum absolute atomic E-state index is 0.0106. The normalized spacial score (nSPS) is 22.9. The van der Waals surface area contributed by atoms with Gasteiger partial charge in [-0.1, -0.05) is 23.7 Å². The van der Waals surface area contributed by atoms with Gasteiger partial charge in [-0.2, -0.15) is 0 Å². The number of aromatic amines is 1. The van der Waals surface area contributed by atoms with Crippen molar-refractivity contribution >= 4 is 40.1 Å². The molecule has 172 valence electrons. The maximum Gasteiger partial charge on any atom is 0.249 e. The van der Waals surface area contributed by atoms with Crippen LogP contribution in [-0.4, -0.2) is 51.4 Å². The van der Waals surface area contributed by atoms with E-state index in [4.69, 9.17) is 16.3 Å². The highest BCUT2D eigenvalue weighted by molar-refractivity contribution is 6.35. The number of nitrogens with zero attached hydrogens (tertiary/aromatic N) is 2. The Hall–Kier alpha value is -2.97.